The third kappa shape index (κ3) is 3.05. The van der Waals surface area contributed by atoms with Crippen LogP contribution in [0.25, 0.3) is 0 Å². The van der Waals surface area contributed by atoms with Crippen LogP contribution in [0.3, 0.4) is 0 Å². The van der Waals surface area contributed by atoms with Crippen molar-refractivity contribution in [3.8, 4) is 0 Å². The molecule has 0 aromatic carbocycles. The van der Waals surface area contributed by atoms with Crippen LogP contribution in [0.4, 0.5) is 0 Å². The highest BCUT2D eigenvalue weighted by atomic mass is 79.9. The zero-order valence-corrected chi connectivity index (χ0v) is 11.7. The van der Waals surface area contributed by atoms with Crippen LogP contribution in [0.1, 0.15) is 38.7 Å². The second-order valence-corrected chi connectivity index (χ2v) is 6.59. The maximum Gasteiger partial charge on any atom is 0.0319 e. The van der Waals surface area contributed by atoms with E-state index in [2.05, 4.69) is 45.9 Å². The van der Waals surface area contributed by atoms with Gasteiger partial charge in [0.05, 0.1) is 0 Å². The molecule has 15 heavy (non-hydrogen) atoms. The molecule has 0 aliphatic heterocycles. The molecule has 0 amide bonds. The van der Waals surface area contributed by atoms with E-state index in [1.165, 1.54) is 29.3 Å². The largest absolute Gasteiger partial charge is 0.314 e. The summed E-state index contributed by atoms with van der Waals surface area (Å²) >= 11 is 5.40. The Morgan fingerprint density at radius 1 is 1.47 bits per heavy atom. The van der Waals surface area contributed by atoms with Gasteiger partial charge in [-0.15, -0.1) is 0 Å². The SMILES string of the molecule is CC(C)(CCNC1CC1)c1cscc1Br. The normalized spacial score (nSPS) is 17.0. The predicted molar refractivity (Wildman–Crippen MR) is 70.7 cm³/mol. The Labute approximate surface area is 104 Å². The number of hydrogen-bond donors (Lipinski definition) is 1. The first-order valence-electron chi connectivity index (χ1n) is 5.55. The molecule has 0 bridgehead atoms. The molecule has 0 saturated heterocycles. The molecule has 84 valence electrons. The Morgan fingerprint density at radius 2 is 2.20 bits per heavy atom. The first-order chi connectivity index (χ1) is 7.09. The summed E-state index contributed by atoms with van der Waals surface area (Å²) in [6.45, 7) is 5.79. The molecule has 1 N–H and O–H groups in total. The van der Waals surface area contributed by atoms with Crippen LogP contribution in [0.15, 0.2) is 15.2 Å². The summed E-state index contributed by atoms with van der Waals surface area (Å²) in [6, 6.07) is 0.826. The first kappa shape index (κ1) is 11.6. The molecular formula is C12H18BrNS. The van der Waals surface area contributed by atoms with Crippen LogP contribution in [0.2, 0.25) is 0 Å². The predicted octanol–water partition coefficient (Wildman–Crippen LogP) is 3.93. The molecule has 1 aromatic heterocycles. The molecule has 0 spiro atoms. The first-order valence-corrected chi connectivity index (χ1v) is 7.29. The summed E-state index contributed by atoms with van der Waals surface area (Å²) in [6.07, 6.45) is 3.96. The van der Waals surface area contributed by atoms with E-state index >= 15 is 0 Å². The zero-order valence-electron chi connectivity index (χ0n) is 9.35. The van der Waals surface area contributed by atoms with Gasteiger partial charge in [-0.25, -0.2) is 0 Å². The quantitative estimate of drug-likeness (QED) is 0.865. The van der Waals surface area contributed by atoms with Gasteiger partial charge in [-0.3, -0.25) is 0 Å². The molecule has 2 rings (SSSR count). The molecule has 1 aliphatic carbocycles. The Morgan fingerprint density at radius 3 is 2.73 bits per heavy atom. The molecule has 1 nitrogen and oxygen atoms in total. The average molecular weight is 288 g/mol. The van der Waals surface area contributed by atoms with Gasteiger partial charge in [0, 0.05) is 15.9 Å². The summed E-state index contributed by atoms with van der Waals surface area (Å²) in [4.78, 5) is 0. The number of hydrogen-bond acceptors (Lipinski definition) is 2. The van der Waals surface area contributed by atoms with Crippen LogP contribution in [-0.2, 0) is 5.41 Å². The van der Waals surface area contributed by atoms with Crippen molar-refractivity contribution in [1.29, 1.82) is 0 Å². The molecule has 0 unspecified atom stereocenters. The van der Waals surface area contributed by atoms with Crippen LogP contribution in [0, 0.1) is 0 Å². The summed E-state index contributed by atoms with van der Waals surface area (Å²) < 4.78 is 1.27. The van der Waals surface area contributed by atoms with E-state index in [4.69, 9.17) is 0 Å². The average Bonchev–Trinajstić information content (AvgIpc) is 2.86. The molecule has 3 heteroatoms. The van der Waals surface area contributed by atoms with Gasteiger partial charge in [0.15, 0.2) is 0 Å². The van der Waals surface area contributed by atoms with Crippen molar-refractivity contribution in [2.45, 2.75) is 44.6 Å². The molecule has 1 heterocycles. The van der Waals surface area contributed by atoms with Crippen LogP contribution in [0.5, 0.6) is 0 Å². The fourth-order valence-electron chi connectivity index (χ4n) is 1.78. The van der Waals surface area contributed by atoms with Crippen molar-refractivity contribution in [2.24, 2.45) is 0 Å². The monoisotopic (exact) mass is 287 g/mol. The van der Waals surface area contributed by atoms with Crippen LogP contribution >= 0.6 is 27.3 Å². The highest BCUT2D eigenvalue weighted by Crippen LogP contribution is 2.35. The second kappa shape index (κ2) is 4.56. The van der Waals surface area contributed by atoms with Gasteiger partial charge in [0.2, 0.25) is 0 Å². The van der Waals surface area contributed by atoms with E-state index in [9.17, 15) is 0 Å². The van der Waals surface area contributed by atoms with Gasteiger partial charge in [-0.2, -0.15) is 11.3 Å². The Balaban J connectivity index is 1.90. The molecule has 0 radical (unpaired) electrons. The lowest BCUT2D eigenvalue weighted by Crippen LogP contribution is -2.26. The van der Waals surface area contributed by atoms with E-state index in [-0.39, 0.29) is 5.41 Å². The number of rotatable bonds is 5. The van der Waals surface area contributed by atoms with E-state index in [1.807, 2.05) is 0 Å². The summed E-state index contributed by atoms with van der Waals surface area (Å²) in [5.74, 6) is 0. The minimum Gasteiger partial charge on any atom is -0.314 e. The standard InChI is InChI=1S/C12H18BrNS/c1-12(2,5-6-14-9-3-4-9)10-7-15-8-11(10)13/h7-9,14H,3-6H2,1-2H3. The van der Waals surface area contributed by atoms with Crippen molar-refractivity contribution < 1.29 is 0 Å². The third-order valence-electron chi connectivity index (χ3n) is 3.10. The molecule has 0 atom stereocenters. The van der Waals surface area contributed by atoms with E-state index < -0.39 is 0 Å². The van der Waals surface area contributed by atoms with E-state index in [1.54, 1.807) is 11.3 Å². The summed E-state index contributed by atoms with van der Waals surface area (Å²) in [7, 11) is 0. The number of thiophene rings is 1. The minimum absolute atomic E-state index is 0.278. The lowest BCUT2D eigenvalue weighted by atomic mass is 9.83. The second-order valence-electron chi connectivity index (χ2n) is 5.00. The molecule has 1 aliphatic rings. The maximum absolute atomic E-state index is 3.63. The number of halogens is 1. The fraction of sp³-hybridized carbons (Fsp3) is 0.667. The van der Waals surface area contributed by atoms with Gasteiger partial charge < -0.3 is 5.32 Å². The van der Waals surface area contributed by atoms with Gasteiger partial charge in [0.25, 0.3) is 0 Å². The van der Waals surface area contributed by atoms with Crippen molar-refractivity contribution in [3.63, 3.8) is 0 Å². The summed E-state index contributed by atoms with van der Waals surface area (Å²) in [5.41, 5.74) is 1.73. The molecular weight excluding hydrogens is 270 g/mol. The molecule has 1 saturated carbocycles. The summed E-state index contributed by atoms with van der Waals surface area (Å²) in [5, 5.41) is 8.02. The highest BCUT2D eigenvalue weighted by molar-refractivity contribution is 9.10. The Bertz CT molecular complexity index is 328. The van der Waals surface area contributed by atoms with Gasteiger partial charge in [-0.05, 0) is 58.1 Å². The highest BCUT2D eigenvalue weighted by Gasteiger charge is 2.25. The van der Waals surface area contributed by atoms with Gasteiger partial charge >= 0.3 is 0 Å². The van der Waals surface area contributed by atoms with Crippen LogP contribution in [-0.4, -0.2) is 12.6 Å². The van der Waals surface area contributed by atoms with Crippen molar-refractivity contribution in [3.05, 3.63) is 20.8 Å². The third-order valence-corrected chi connectivity index (χ3v) is 4.81. The van der Waals surface area contributed by atoms with E-state index in [0.717, 1.165) is 12.6 Å². The number of nitrogens with one attached hydrogen (secondary N) is 1. The molecule has 1 aromatic rings. The van der Waals surface area contributed by atoms with Gasteiger partial charge in [-0.1, -0.05) is 13.8 Å². The lowest BCUT2D eigenvalue weighted by Gasteiger charge is -2.24. The zero-order chi connectivity index (χ0) is 10.9. The van der Waals surface area contributed by atoms with Crippen molar-refractivity contribution >= 4 is 27.3 Å². The lowest BCUT2D eigenvalue weighted by molar-refractivity contribution is 0.456. The van der Waals surface area contributed by atoms with E-state index in [0.29, 0.717) is 0 Å². The minimum atomic E-state index is 0.278. The van der Waals surface area contributed by atoms with Crippen LogP contribution < -0.4 is 5.32 Å². The van der Waals surface area contributed by atoms with Gasteiger partial charge in [0.1, 0.15) is 0 Å². The smallest absolute Gasteiger partial charge is 0.0319 e. The maximum atomic E-state index is 3.63. The Kier molecular flexibility index (Phi) is 3.53. The Hall–Kier alpha value is 0.140. The fourth-order valence-corrected chi connectivity index (χ4v) is 3.80. The topological polar surface area (TPSA) is 12.0 Å². The van der Waals surface area contributed by atoms with Crippen molar-refractivity contribution in [1.82, 2.24) is 5.32 Å². The van der Waals surface area contributed by atoms with Crippen molar-refractivity contribution in [2.75, 3.05) is 6.54 Å². The molecule has 1 fully saturated rings.